The Balaban J connectivity index is 1.50. The van der Waals surface area contributed by atoms with Gasteiger partial charge >= 0.3 is 0 Å². The number of aromatic nitrogens is 4. The molecule has 11 heteroatoms. The van der Waals surface area contributed by atoms with Gasteiger partial charge in [-0.25, -0.2) is 4.68 Å². The number of pyridine rings is 1. The molecule has 0 N–H and O–H groups in total. The van der Waals surface area contributed by atoms with E-state index in [9.17, 15) is 13.6 Å². The van der Waals surface area contributed by atoms with Gasteiger partial charge in [-0.15, -0.1) is 0 Å². The van der Waals surface area contributed by atoms with Crippen LogP contribution in [0.15, 0.2) is 51.6 Å². The van der Waals surface area contributed by atoms with Gasteiger partial charge in [0.1, 0.15) is 5.69 Å². The average Bonchev–Trinajstić information content (AvgIpc) is 3.45. The minimum atomic E-state index is -1.04. The first-order chi connectivity index (χ1) is 16.4. The van der Waals surface area contributed by atoms with Crippen molar-refractivity contribution in [2.45, 2.75) is 12.5 Å². The fraction of sp³-hybridized carbons (Fsp3) is 0.217. The lowest BCUT2D eigenvalue weighted by Crippen LogP contribution is -2.38. The number of carbonyl (C=O) groups is 1. The number of aryl methyl sites for hydroxylation is 1. The van der Waals surface area contributed by atoms with Crippen molar-refractivity contribution in [2.24, 2.45) is 7.05 Å². The Bertz CT molecular complexity index is 1400. The van der Waals surface area contributed by atoms with Gasteiger partial charge in [0.05, 0.1) is 18.9 Å². The first-order valence-electron chi connectivity index (χ1n) is 10.3. The van der Waals surface area contributed by atoms with Crippen molar-refractivity contribution in [3.8, 4) is 17.1 Å². The second-order valence-corrected chi connectivity index (χ2v) is 8.68. The summed E-state index contributed by atoms with van der Waals surface area (Å²) in [6.07, 6.45) is 1.74. The number of rotatable bonds is 4. The lowest BCUT2D eigenvalue weighted by molar-refractivity contribution is 0.0681. The summed E-state index contributed by atoms with van der Waals surface area (Å²) in [5, 5.41) is 8.11. The number of benzene rings is 1. The summed E-state index contributed by atoms with van der Waals surface area (Å²) in [7, 11) is 3.36. The Morgan fingerprint density at radius 1 is 1.24 bits per heavy atom. The molecule has 0 saturated carbocycles. The zero-order valence-corrected chi connectivity index (χ0v) is 19.7. The molecule has 1 aliphatic heterocycles. The Morgan fingerprint density at radius 2 is 2.06 bits per heavy atom. The maximum atomic E-state index is 14.1. The molecule has 0 aliphatic carbocycles. The molecule has 174 valence electrons. The van der Waals surface area contributed by atoms with E-state index in [1.165, 1.54) is 12.1 Å². The Hall–Kier alpha value is -3.60. The second-order valence-electron chi connectivity index (χ2n) is 7.83. The predicted molar refractivity (Wildman–Crippen MR) is 120 cm³/mol. The Labute approximate surface area is 201 Å². The highest BCUT2D eigenvalue weighted by Gasteiger charge is 2.35. The SMILES string of the molecule is COc1c(C2CN(C(=O)c3cc(-c4ccc(F)nc4F)no3)Cc3c(Br)cccc32)cnn1C. The molecule has 4 aromatic rings. The van der Waals surface area contributed by atoms with E-state index in [0.29, 0.717) is 19.0 Å². The van der Waals surface area contributed by atoms with E-state index in [1.807, 2.05) is 18.2 Å². The molecule has 3 aromatic heterocycles. The van der Waals surface area contributed by atoms with Crippen LogP contribution in [-0.4, -0.2) is 44.4 Å². The summed E-state index contributed by atoms with van der Waals surface area (Å²) in [6.45, 7) is 0.671. The van der Waals surface area contributed by atoms with Crippen molar-refractivity contribution in [2.75, 3.05) is 13.7 Å². The fourth-order valence-corrected chi connectivity index (χ4v) is 4.76. The highest BCUT2D eigenvalue weighted by atomic mass is 79.9. The van der Waals surface area contributed by atoms with E-state index < -0.39 is 17.8 Å². The predicted octanol–water partition coefficient (Wildman–Crippen LogP) is 4.31. The molecule has 8 nitrogen and oxygen atoms in total. The van der Waals surface area contributed by atoms with Crippen LogP contribution in [0.1, 0.15) is 33.2 Å². The normalized spacial score (nSPS) is 15.3. The smallest absolute Gasteiger partial charge is 0.292 e. The lowest BCUT2D eigenvalue weighted by atomic mass is 9.85. The quantitative estimate of drug-likeness (QED) is 0.366. The summed E-state index contributed by atoms with van der Waals surface area (Å²) in [6, 6.07) is 9.43. The van der Waals surface area contributed by atoms with Gasteiger partial charge in [0.25, 0.3) is 5.91 Å². The molecule has 0 radical (unpaired) electrons. The molecule has 5 rings (SSSR count). The number of nitrogens with zero attached hydrogens (tertiary/aromatic N) is 5. The standard InChI is InChI=1S/C23H18BrF2N5O3/c1-30-23(33-2)14(9-27-30)15-10-31(11-16-12(15)4-3-5-17(16)24)22(32)19-8-18(29-34-19)13-6-7-20(25)28-21(13)26/h3-9,15H,10-11H2,1-2H3. The van der Waals surface area contributed by atoms with Gasteiger partial charge in [0.15, 0.2) is 0 Å². The summed E-state index contributed by atoms with van der Waals surface area (Å²) < 4.78 is 40.5. The molecule has 1 unspecified atom stereocenters. The number of ether oxygens (including phenoxy) is 1. The van der Waals surface area contributed by atoms with Gasteiger partial charge in [0, 0.05) is 42.2 Å². The molecular weight excluding hydrogens is 512 g/mol. The molecule has 0 spiro atoms. The van der Waals surface area contributed by atoms with Crippen LogP contribution in [0.5, 0.6) is 5.88 Å². The van der Waals surface area contributed by atoms with Crippen molar-refractivity contribution in [1.82, 2.24) is 24.8 Å². The van der Waals surface area contributed by atoms with E-state index in [0.717, 1.165) is 27.2 Å². The van der Waals surface area contributed by atoms with Gasteiger partial charge in [0.2, 0.25) is 23.5 Å². The molecule has 1 aliphatic rings. The third-order valence-corrected chi connectivity index (χ3v) is 6.60. The van der Waals surface area contributed by atoms with E-state index in [2.05, 4.69) is 31.2 Å². The number of hydrogen-bond acceptors (Lipinski definition) is 6. The Morgan fingerprint density at radius 3 is 2.82 bits per heavy atom. The van der Waals surface area contributed by atoms with Gasteiger partial charge < -0.3 is 14.2 Å². The van der Waals surface area contributed by atoms with E-state index >= 15 is 0 Å². The van der Waals surface area contributed by atoms with Gasteiger partial charge in [-0.2, -0.15) is 18.9 Å². The third-order valence-electron chi connectivity index (χ3n) is 5.86. The minimum absolute atomic E-state index is 0.0532. The van der Waals surface area contributed by atoms with E-state index in [4.69, 9.17) is 9.26 Å². The summed E-state index contributed by atoms with van der Waals surface area (Å²) >= 11 is 3.60. The van der Waals surface area contributed by atoms with Crippen LogP contribution in [0.2, 0.25) is 0 Å². The van der Waals surface area contributed by atoms with Crippen LogP contribution >= 0.6 is 15.9 Å². The number of fused-ring (bicyclic) bond motifs is 1. The van der Waals surface area contributed by atoms with Crippen LogP contribution in [0.4, 0.5) is 8.78 Å². The first-order valence-corrected chi connectivity index (χ1v) is 11.1. The Kier molecular flexibility index (Phi) is 5.64. The molecule has 0 fully saturated rings. The summed E-state index contributed by atoms with van der Waals surface area (Å²) in [5.41, 5.74) is 2.85. The molecule has 0 bridgehead atoms. The zero-order valence-electron chi connectivity index (χ0n) is 18.1. The zero-order chi connectivity index (χ0) is 24.0. The van der Waals surface area contributed by atoms with Crippen molar-refractivity contribution in [1.29, 1.82) is 0 Å². The molecule has 34 heavy (non-hydrogen) atoms. The largest absolute Gasteiger partial charge is 0.481 e. The lowest BCUT2D eigenvalue weighted by Gasteiger charge is -2.34. The minimum Gasteiger partial charge on any atom is -0.481 e. The van der Waals surface area contributed by atoms with Crippen molar-refractivity contribution < 1.29 is 22.8 Å². The summed E-state index contributed by atoms with van der Waals surface area (Å²) in [5.74, 6) is -2.06. The van der Waals surface area contributed by atoms with Crippen molar-refractivity contribution in [3.63, 3.8) is 0 Å². The number of hydrogen-bond donors (Lipinski definition) is 0. The molecule has 1 aromatic carbocycles. The molecule has 1 atom stereocenters. The maximum Gasteiger partial charge on any atom is 0.292 e. The van der Waals surface area contributed by atoms with Crippen molar-refractivity contribution in [3.05, 3.63) is 81.4 Å². The van der Waals surface area contributed by atoms with Crippen LogP contribution in [0.3, 0.4) is 0 Å². The number of carbonyl (C=O) groups excluding carboxylic acids is 1. The fourth-order valence-electron chi connectivity index (χ4n) is 4.26. The van der Waals surface area contributed by atoms with E-state index in [1.54, 1.807) is 29.9 Å². The molecule has 0 saturated heterocycles. The molecule has 1 amide bonds. The highest BCUT2D eigenvalue weighted by Crippen LogP contribution is 2.40. The topological polar surface area (TPSA) is 86.3 Å². The number of methoxy groups -OCH3 is 1. The second kappa shape index (κ2) is 8.64. The monoisotopic (exact) mass is 529 g/mol. The van der Waals surface area contributed by atoms with E-state index in [-0.39, 0.29) is 22.9 Å². The number of halogens is 3. The van der Waals surface area contributed by atoms with Gasteiger partial charge in [-0.3, -0.25) is 4.79 Å². The summed E-state index contributed by atoms with van der Waals surface area (Å²) in [4.78, 5) is 18.2. The maximum absolute atomic E-state index is 14.1. The molecule has 4 heterocycles. The van der Waals surface area contributed by atoms with Gasteiger partial charge in [-0.1, -0.05) is 33.2 Å². The van der Waals surface area contributed by atoms with Crippen LogP contribution in [0.25, 0.3) is 11.3 Å². The molecular formula is C23H18BrF2N5O3. The van der Waals surface area contributed by atoms with Crippen LogP contribution < -0.4 is 4.74 Å². The number of amides is 1. The highest BCUT2D eigenvalue weighted by molar-refractivity contribution is 9.10. The first kappa shape index (κ1) is 22.2. The van der Waals surface area contributed by atoms with Gasteiger partial charge in [-0.05, 0) is 29.3 Å². The van der Waals surface area contributed by atoms with Crippen LogP contribution in [-0.2, 0) is 13.6 Å². The third kappa shape index (κ3) is 3.75. The average molecular weight is 530 g/mol. The van der Waals surface area contributed by atoms with Crippen molar-refractivity contribution >= 4 is 21.8 Å². The van der Waals surface area contributed by atoms with Crippen LogP contribution in [0, 0.1) is 11.9 Å².